The van der Waals surface area contributed by atoms with Crippen LogP contribution in [0.4, 0.5) is 11.8 Å². The summed E-state index contributed by atoms with van der Waals surface area (Å²) in [4.78, 5) is 117. The molecular formula is C35H49N13O24P4S. The Labute approximate surface area is 434 Å². The van der Waals surface area contributed by atoms with Gasteiger partial charge in [-0.1, -0.05) is 4.98 Å². The molecule has 12 N–H and O–H groups in total. The maximum absolute atomic E-state index is 13.5. The van der Waals surface area contributed by atoms with E-state index < -0.39 is 153 Å². The SMILES string of the molecule is CO[C@@H]1[C@H](OP(=O)([O-])OC[C@H]2O[C@@H](n3ccc(=O)[nH]c3=O)[C@H](O)[C@@H]2O)[C@@H](COP(=O)(O)OP(=O)(O)OP(O)(=S)OC[C@H]2O[C@@H]([n+]3cn(C)c4c(=O)[nH]c(N)nc43)[C@H](O)C2CC(=O)N(C)C)O[C@H]1n1cnc2c(N)ncnc21. The number of nitrogen functional groups attached to an aromatic ring is 2. The van der Waals surface area contributed by atoms with Gasteiger partial charge < -0.3 is 83.8 Å². The molecule has 0 aromatic carbocycles. The van der Waals surface area contributed by atoms with Gasteiger partial charge in [-0.3, -0.25) is 47.1 Å². The fourth-order valence-electron chi connectivity index (χ4n) is 8.50. The van der Waals surface area contributed by atoms with Gasteiger partial charge in [-0.25, -0.2) is 37.8 Å². The number of imidazole rings is 2. The molecular weight excluding hydrogens is 1140 g/mol. The number of nitrogens with one attached hydrogen (secondary N) is 2. The van der Waals surface area contributed by atoms with Gasteiger partial charge in [-0.2, -0.15) is 4.31 Å². The minimum Gasteiger partial charge on any atom is -0.756 e. The Morgan fingerprint density at radius 3 is 2.26 bits per heavy atom. The van der Waals surface area contributed by atoms with E-state index in [4.69, 9.17) is 60.3 Å². The third-order valence-electron chi connectivity index (χ3n) is 12.0. The number of ether oxygens (including phenoxy) is 4. The summed E-state index contributed by atoms with van der Waals surface area (Å²) in [6, 6.07) is 0.919. The number of hydrogen-bond donors (Lipinski definition) is 10. The number of hydrogen-bond acceptors (Lipinski definition) is 28. The summed E-state index contributed by atoms with van der Waals surface area (Å²) in [5, 5.41) is 32.8. The number of anilines is 2. The molecule has 3 aliphatic heterocycles. The molecule has 0 saturated carbocycles. The second-order valence-electron chi connectivity index (χ2n) is 17.4. The van der Waals surface area contributed by atoms with Crippen molar-refractivity contribution in [2.75, 3.05) is 52.5 Å². The molecule has 0 aliphatic carbocycles. The summed E-state index contributed by atoms with van der Waals surface area (Å²) in [6.07, 6.45) is -14.1. The van der Waals surface area contributed by atoms with Crippen LogP contribution in [0, 0.1) is 5.92 Å². The van der Waals surface area contributed by atoms with Gasteiger partial charge in [0.2, 0.25) is 17.7 Å². The van der Waals surface area contributed by atoms with Crippen LogP contribution in [0.3, 0.4) is 0 Å². The van der Waals surface area contributed by atoms with Crippen LogP contribution >= 0.6 is 30.2 Å². The first-order chi connectivity index (χ1) is 36.0. The molecule has 42 heteroatoms. The van der Waals surface area contributed by atoms with Crippen molar-refractivity contribution in [2.45, 2.75) is 73.9 Å². The van der Waals surface area contributed by atoms with Gasteiger partial charge in [-0.15, -0.1) is 0 Å². The Balaban J connectivity index is 0.951. The number of aliphatic hydroxyl groups excluding tert-OH is 3. The molecule has 8 heterocycles. The minimum absolute atomic E-state index is 0.00228. The van der Waals surface area contributed by atoms with E-state index in [1.165, 1.54) is 46.1 Å². The number of nitrogens with two attached hydrogens (primary N) is 2. The summed E-state index contributed by atoms with van der Waals surface area (Å²) >= 11 is 4.91. The zero-order chi connectivity index (χ0) is 56.3. The van der Waals surface area contributed by atoms with E-state index in [0.717, 1.165) is 36.6 Å². The smallest absolute Gasteiger partial charge is 0.488 e. The molecule has 3 fully saturated rings. The molecule has 5 aromatic rings. The Morgan fingerprint density at radius 1 is 0.883 bits per heavy atom. The first-order valence-electron chi connectivity index (χ1n) is 22.1. The van der Waals surface area contributed by atoms with E-state index in [9.17, 15) is 67.8 Å². The largest absolute Gasteiger partial charge is 0.756 e. The first kappa shape index (κ1) is 58.5. The van der Waals surface area contributed by atoms with Gasteiger partial charge >= 0.3 is 33.7 Å². The van der Waals surface area contributed by atoms with Crippen LogP contribution in [-0.2, 0) is 83.0 Å². The van der Waals surface area contributed by atoms with Crippen molar-refractivity contribution in [1.29, 1.82) is 0 Å². The predicted octanol–water partition coefficient (Wildman–Crippen LogP) is -4.66. The Hall–Kier alpha value is -4.69. The number of carbonyl (C=O) groups excluding carboxylic acids is 1. The number of aryl methyl sites for hydroxylation is 1. The van der Waals surface area contributed by atoms with Crippen molar-refractivity contribution < 1.29 is 104 Å². The van der Waals surface area contributed by atoms with E-state index in [-0.39, 0.29) is 34.1 Å². The fraction of sp³-hybridized carbons (Fsp3) is 0.571. The van der Waals surface area contributed by atoms with Crippen molar-refractivity contribution in [1.82, 2.24) is 48.5 Å². The highest BCUT2D eigenvalue weighted by Crippen LogP contribution is 2.68. The molecule has 1 amide bonds. The highest BCUT2D eigenvalue weighted by atomic mass is 32.5. The molecule has 8 rings (SSSR count). The topological polar surface area (TPSA) is 513 Å². The van der Waals surface area contributed by atoms with Crippen molar-refractivity contribution in [2.24, 2.45) is 13.0 Å². The molecule has 5 aromatic heterocycles. The number of methoxy groups -OCH3 is 1. The van der Waals surface area contributed by atoms with Gasteiger partial charge in [-0.05, 0) is 11.8 Å². The average molecular weight is 1190 g/mol. The van der Waals surface area contributed by atoms with E-state index in [0.29, 0.717) is 0 Å². The molecule has 77 heavy (non-hydrogen) atoms. The number of aliphatic hydroxyl groups is 3. The maximum Gasteiger partial charge on any atom is 0.488 e. The molecule has 37 nitrogen and oxygen atoms in total. The van der Waals surface area contributed by atoms with Gasteiger partial charge in [0.05, 0.1) is 39.3 Å². The minimum atomic E-state index is -6.04. The zero-order valence-electron chi connectivity index (χ0n) is 40.1. The van der Waals surface area contributed by atoms with Crippen LogP contribution in [0.15, 0.2) is 45.6 Å². The van der Waals surface area contributed by atoms with Crippen molar-refractivity contribution >= 4 is 82.0 Å². The maximum atomic E-state index is 13.5. The van der Waals surface area contributed by atoms with E-state index in [1.54, 1.807) is 0 Å². The number of aromatic amines is 2. The third kappa shape index (κ3) is 12.7. The summed E-state index contributed by atoms with van der Waals surface area (Å²) in [5.41, 5.74) is 9.27. The lowest BCUT2D eigenvalue weighted by molar-refractivity contribution is -0.745. The number of nitrogens with zero attached hydrogens (tertiary/aromatic N) is 9. The fourth-order valence-corrected chi connectivity index (χ4v) is 13.9. The lowest BCUT2D eigenvalue weighted by Crippen LogP contribution is -2.45. The standard InChI is InChI=1S/C35H49N13O24P4S/c1-44(2)19(50)7-14-15(67-31(22(14)51)48-13-45(3)21-29(48)42-34(37)43-30(21)54)8-66-76(62,77)72-75(60,61)71-74(58,59)65-10-17-25(26(63-4)33(69-17)47-12-40-20-27(36)38-11-39-28(20)47)70-73(56,57)64-9-16-23(52)24(53)32(68-16)46-6-5-18(49)41-35(46)55/h5-6,11-17,22-26,31-33,51-53H,7-10H2,1-4H3,(H9-,36,37,38,39,41,42,43,49,54,55,56,57,58,59,60,61,62,77)/t14?,15-,16-,17-,22-,23-,24-,25-,26-,31-,32-,33-,76?/m1/s1. The number of phosphoric acid groups is 3. The quantitative estimate of drug-likeness (QED) is 0.0244. The van der Waals surface area contributed by atoms with Crippen LogP contribution in [0.5, 0.6) is 0 Å². The molecule has 3 saturated heterocycles. The van der Waals surface area contributed by atoms with Gasteiger partial charge in [0.25, 0.3) is 24.9 Å². The summed E-state index contributed by atoms with van der Waals surface area (Å²) in [5.74, 6) is -2.03. The van der Waals surface area contributed by atoms with Gasteiger partial charge in [0.15, 0.2) is 30.2 Å². The van der Waals surface area contributed by atoms with Crippen molar-refractivity contribution in [3.63, 3.8) is 0 Å². The molecule has 16 atom stereocenters. The monoisotopic (exact) mass is 1190 g/mol. The number of fused-ring (bicyclic) bond motifs is 2. The van der Waals surface area contributed by atoms with E-state index >= 15 is 0 Å². The van der Waals surface area contributed by atoms with Crippen LogP contribution in [0.25, 0.3) is 22.3 Å². The molecule has 3 aliphatic rings. The average Bonchev–Trinajstić information content (AvgIpc) is 4.13. The van der Waals surface area contributed by atoms with Crippen LogP contribution in [0.2, 0.25) is 0 Å². The van der Waals surface area contributed by atoms with Gasteiger partial charge in [0, 0.05) is 45.8 Å². The number of rotatable bonds is 21. The van der Waals surface area contributed by atoms with E-state index in [1.807, 2.05) is 4.98 Å². The highest BCUT2D eigenvalue weighted by molar-refractivity contribution is 8.08. The normalized spacial score (nSPS) is 29.8. The lowest BCUT2D eigenvalue weighted by atomic mass is 9.94. The predicted molar refractivity (Wildman–Crippen MR) is 253 cm³/mol. The number of amides is 1. The number of H-pyrrole nitrogens is 2. The third-order valence-corrected chi connectivity index (χ3v) is 18.2. The molecule has 5 unspecified atom stereocenters. The molecule has 424 valence electrons. The number of carbonyl (C=O) groups is 1. The van der Waals surface area contributed by atoms with Crippen molar-refractivity contribution in [3.8, 4) is 0 Å². The van der Waals surface area contributed by atoms with Crippen LogP contribution in [-0.4, -0.2) is 174 Å². The van der Waals surface area contributed by atoms with Crippen LogP contribution < -0.4 is 37.7 Å². The Morgan fingerprint density at radius 2 is 1.57 bits per heavy atom. The van der Waals surface area contributed by atoms with E-state index in [2.05, 4.69) is 33.5 Å². The number of phosphoric ester groups is 2. The Bertz CT molecular complexity index is 3420. The second kappa shape index (κ2) is 22.4. The molecule has 0 bridgehead atoms. The zero-order valence-corrected chi connectivity index (χ0v) is 44.4. The summed E-state index contributed by atoms with van der Waals surface area (Å²) < 4.78 is 97.3. The summed E-state index contributed by atoms with van der Waals surface area (Å²) in [7, 11) is -12.2. The van der Waals surface area contributed by atoms with Crippen molar-refractivity contribution in [3.05, 3.63) is 62.4 Å². The highest BCUT2D eigenvalue weighted by Gasteiger charge is 2.53. The number of aromatic nitrogens is 10. The molecule has 0 radical (unpaired) electrons. The Kier molecular flexibility index (Phi) is 17.0. The first-order valence-corrected chi connectivity index (χ1v) is 29.1. The second-order valence-corrected chi connectivity index (χ2v) is 24.7. The summed E-state index contributed by atoms with van der Waals surface area (Å²) in [6.45, 7) is -8.23. The lowest BCUT2D eigenvalue weighted by Gasteiger charge is -2.31. The molecule has 0 spiro atoms. The van der Waals surface area contributed by atoms with Crippen LogP contribution in [0.1, 0.15) is 25.1 Å². The van der Waals surface area contributed by atoms with Gasteiger partial charge in [0.1, 0.15) is 54.6 Å².